The molecule has 1 N–H and O–H groups in total. The Morgan fingerprint density at radius 3 is 2.59 bits per heavy atom. The number of nitrogens with one attached hydrogen (secondary N) is 1. The highest BCUT2D eigenvalue weighted by Crippen LogP contribution is 2.25. The van der Waals surface area contributed by atoms with Crippen molar-refractivity contribution in [2.75, 3.05) is 11.1 Å². The van der Waals surface area contributed by atoms with Crippen LogP contribution in [-0.2, 0) is 14.6 Å². The third kappa shape index (κ3) is 4.91. The molecule has 3 aromatic rings. The number of hydrogen-bond donors (Lipinski definition) is 1. The van der Waals surface area contributed by atoms with Crippen molar-refractivity contribution in [1.29, 1.82) is 0 Å². The van der Waals surface area contributed by atoms with Crippen LogP contribution in [0.3, 0.4) is 0 Å². The Morgan fingerprint density at radius 1 is 1.19 bits per heavy atom. The minimum absolute atomic E-state index is 0.146. The molecule has 0 atom stereocenters. The highest BCUT2D eigenvalue weighted by molar-refractivity contribution is 7.91. The monoisotopic (exact) mass is 421 g/mol. The predicted octanol–water partition coefficient (Wildman–Crippen LogP) is 3.97. The zero-order valence-electron chi connectivity index (χ0n) is 14.3. The van der Waals surface area contributed by atoms with Crippen molar-refractivity contribution in [3.63, 3.8) is 0 Å². The molecule has 0 saturated carbocycles. The van der Waals surface area contributed by atoms with Crippen LogP contribution >= 0.6 is 23.1 Å². The fourth-order valence-electron chi connectivity index (χ4n) is 2.41. The fourth-order valence-corrected chi connectivity index (χ4v) is 4.24. The summed E-state index contributed by atoms with van der Waals surface area (Å²) in [4.78, 5) is 12.4. The van der Waals surface area contributed by atoms with Gasteiger partial charge in [0, 0.05) is 28.1 Å². The van der Waals surface area contributed by atoms with Crippen molar-refractivity contribution < 1.29 is 13.2 Å². The first-order valence-corrected chi connectivity index (χ1v) is 10.9. The fraction of sp³-hybridized carbons (Fsp3) is 0.167. The number of anilines is 1. The zero-order valence-corrected chi connectivity index (χ0v) is 16.7. The molecular weight excluding hydrogens is 406 g/mol. The number of halogens is 1. The molecule has 0 saturated heterocycles. The molecule has 2 aromatic carbocycles. The van der Waals surface area contributed by atoms with E-state index >= 15 is 0 Å². The Hall–Kier alpha value is -2.29. The van der Waals surface area contributed by atoms with Gasteiger partial charge in [0.05, 0.1) is 10.6 Å². The van der Waals surface area contributed by atoms with Crippen molar-refractivity contribution in [3.05, 3.63) is 58.4 Å². The number of sulfone groups is 1. The topological polar surface area (TPSA) is 89.0 Å². The first kappa shape index (κ1) is 19.5. The summed E-state index contributed by atoms with van der Waals surface area (Å²) < 4.78 is 28.5. The van der Waals surface area contributed by atoms with Gasteiger partial charge in [-0.1, -0.05) is 28.2 Å². The second-order valence-corrected chi connectivity index (χ2v) is 9.05. The first-order valence-electron chi connectivity index (χ1n) is 8.01. The lowest BCUT2D eigenvalue weighted by molar-refractivity contribution is -0.115. The number of aromatic nitrogens is 2. The Labute approximate surface area is 166 Å². The molecule has 0 aliphatic rings. The summed E-state index contributed by atoms with van der Waals surface area (Å²) in [7, 11) is -3.55. The van der Waals surface area contributed by atoms with Gasteiger partial charge >= 0.3 is 0 Å². The van der Waals surface area contributed by atoms with Gasteiger partial charge in [-0.25, -0.2) is 8.42 Å². The number of benzene rings is 2. The Bertz CT molecular complexity index is 1050. The van der Waals surface area contributed by atoms with Gasteiger partial charge in [-0.2, -0.15) is 0 Å². The van der Waals surface area contributed by atoms with E-state index < -0.39 is 9.84 Å². The lowest BCUT2D eigenvalue weighted by Crippen LogP contribution is -2.18. The van der Waals surface area contributed by atoms with E-state index in [2.05, 4.69) is 14.9 Å². The molecule has 0 radical (unpaired) electrons. The normalized spacial score (nSPS) is 11.3. The molecule has 27 heavy (non-hydrogen) atoms. The molecule has 1 aromatic heterocycles. The van der Waals surface area contributed by atoms with Crippen molar-refractivity contribution in [3.8, 4) is 11.3 Å². The van der Waals surface area contributed by atoms with Crippen molar-refractivity contribution in [2.45, 2.75) is 18.2 Å². The van der Waals surface area contributed by atoms with Gasteiger partial charge in [-0.3, -0.25) is 4.79 Å². The molecule has 0 spiro atoms. The van der Waals surface area contributed by atoms with Crippen LogP contribution in [0.2, 0.25) is 5.02 Å². The van der Waals surface area contributed by atoms with Crippen LogP contribution in [0.1, 0.15) is 12.0 Å². The summed E-state index contributed by atoms with van der Waals surface area (Å²) in [6.45, 7) is 1.86. The maximum absolute atomic E-state index is 12.3. The molecule has 0 aliphatic heterocycles. The molecule has 3 rings (SSSR count). The maximum Gasteiger partial charge on any atom is 0.225 e. The molecule has 0 bridgehead atoms. The van der Waals surface area contributed by atoms with Crippen molar-refractivity contribution >= 4 is 44.6 Å². The van der Waals surface area contributed by atoms with E-state index in [4.69, 9.17) is 11.6 Å². The van der Waals surface area contributed by atoms with Crippen molar-refractivity contribution in [1.82, 2.24) is 9.59 Å². The van der Waals surface area contributed by atoms with Gasteiger partial charge in [0.1, 0.15) is 5.69 Å². The number of aryl methyl sites for hydroxylation is 1. The van der Waals surface area contributed by atoms with Gasteiger partial charge < -0.3 is 5.32 Å². The summed E-state index contributed by atoms with van der Waals surface area (Å²) in [5.41, 5.74) is 3.05. The third-order valence-corrected chi connectivity index (χ3v) is 6.43. The highest BCUT2D eigenvalue weighted by atomic mass is 35.5. The Balaban J connectivity index is 1.67. The average Bonchev–Trinajstić information content (AvgIpc) is 3.17. The molecule has 6 nitrogen and oxygen atoms in total. The van der Waals surface area contributed by atoms with Crippen LogP contribution < -0.4 is 5.32 Å². The second-order valence-electron chi connectivity index (χ2n) is 5.89. The summed E-state index contributed by atoms with van der Waals surface area (Å²) >= 11 is 7.02. The Kier molecular flexibility index (Phi) is 5.88. The highest BCUT2D eigenvalue weighted by Gasteiger charge is 2.17. The summed E-state index contributed by atoms with van der Waals surface area (Å²) in [6, 6.07) is 11.5. The SMILES string of the molecule is Cc1ccc(-c2csnn2)cc1NC(=O)CCS(=O)(=O)c1ccc(Cl)cc1. The lowest BCUT2D eigenvalue weighted by Gasteiger charge is -2.10. The van der Waals surface area contributed by atoms with E-state index in [1.807, 2.05) is 24.4 Å². The Morgan fingerprint density at radius 2 is 1.93 bits per heavy atom. The second kappa shape index (κ2) is 8.16. The van der Waals surface area contributed by atoms with Crippen LogP contribution in [0.15, 0.2) is 52.7 Å². The number of hydrogen-bond acceptors (Lipinski definition) is 6. The van der Waals surface area contributed by atoms with Gasteiger partial charge in [-0.15, -0.1) is 5.10 Å². The van der Waals surface area contributed by atoms with Gasteiger partial charge in [0.15, 0.2) is 9.84 Å². The van der Waals surface area contributed by atoms with E-state index in [1.165, 1.54) is 35.8 Å². The molecule has 0 unspecified atom stereocenters. The molecule has 140 valence electrons. The van der Waals surface area contributed by atoms with Crippen LogP contribution in [0.5, 0.6) is 0 Å². The smallest absolute Gasteiger partial charge is 0.225 e. The van der Waals surface area contributed by atoms with Gasteiger partial charge in [0.2, 0.25) is 5.91 Å². The van der Waals surface area contributed by atoms with Gasteiger partial charge in [0.25, 0.3) is 0 Å². The number of carbonyl (C=O) groups is 1. The number of nitrogens with zero attached hydrogens (tertiary/aromatic N) is 2. The third-order valence-electron chi connectivity index (χ3n) is 3.94. The number of rotatable bonds is 6. The number of amides is 1. The summed E-state index contributed by atoms with van der Waals surface area (Å²) in [5, 5.41) is 9.06. The van der Waals surface area contributed by atoms with Crippen LogP contribution in [-0.4, -0.2) is 29.7 Å². The van der Waals surface area contributed by atoms with E-state index in [9.17, 15) is 13.2 Å². The molecule has 0 aliphatic carbocycles. The first-order chi connectivity index (χ1) is 12.8. The average molecular weight is 422 g/mol. The molecular formula is C18H16ClN3O3S2. The van der Waals surface area contributed by atoms with Crippen molar-refractivity contribution in [2.24, 2.45) is 0 Å². The quantitative estimate of drug-likeness (QED) is 0.650. The van der Waals surface area contributed by atoms with Crippen LogP contribution in [0, 0.1) is 6.92 Å². The summed E-state index contributed by atoms with van der Waals surface area (Å²) in [5.74, 6) is -0.654. The molecule has 9 heteroatoms. The van der Waals surface area contributed by atoms with E-state index in [1.54, 1.807) is 6.07 Å². The minimum Gasteiger partial charge on any atom is -0.326 e. The molecule has 1 amide bonds. The minimum atomic E-state index is -3.55. The van der Waals surface area contributed by atoms with Crippen LogP contribution in [0.4, 0.5) is 5.69 Å². The van der Waals surface area contributed by atoms with E-state index in [0.717, 1.165) is 16.8 Å². The van der Waals surface area contributed by atoms with E-state index in [-0.39, 0.29) is 23.0 Å². The standard InChI is InChI=1S/C18H16ClN3O3S2/c1-12-2-3-13(17-11-26-22-21-17)10-16(12)20-18(23)8-9-27(24,25)15-6-4-14(19)5-7-15/h2-7,10-11H,8-9H2,1H3,(H,20,23). The largest absolute Gasteiger partial charge is 0.326 e. The van der Waals surface area contributed by atoms with E-state index in [0.29, 0.717) is 10.7 Å². The van der Waals surface area contributed by atoms with Crippen LogP contribution in [0.25, 0.3) is 11.3 Å². The van der Waals surface area contributed by atoms with Gasteiger partial charge in [-0.05, 0) is 54.4 Å². The molecule has 1 heterocycles. The zero-order chi connectivity index (χ0) is 19.4. The maximum atomic E-state index is 12.3. The lowest BCUT2D eigenvalue weighted by atomic mass is 10.1. The molecule has 0 fully saturated rings. The summed E-state index contributed by atoms with van der Waals surface area (Å²) in [6.07, 6.45) is -0.146. The predicted molar refractivity (Wildman–Crippen MR) is 107 cm³/mol. The number of carbonyl (C=O) groups excluding carboxylic acids is 1.